The van der Waals surface area contributed by atoms with E-state index in [2.05, 4.69) is 48.5 Å². The average molecular weight is 828 g/mol. The molecular weight excluding hydrogens is 731 g/mol. The molecule has 1 unspecified atom stereocenters. The molecule has 9 heteroatoms. The van der Waals surface area contributed by atoms with Gasteiger partial charge in [-0.3, -0.25) is 19.2 Å². The summed E-state index contributed by atoms with van der Waals surface area (Å²) >= 11 is 0. The van der Waals surface area contributed by atoms with Crippen molar-refractivity contribution in [1.29, 1.82) is 0 Å². The Morgan fingerprint density at radius 2 is 0.741 bits per heavy atom. The predicted octanol–water partition coefficient (Wildman–Crippen LogP) is 13.1. The molecule has 0 amide bonds. The number of carbonyl (C=O) groups is 4. The largest absolute Gasteiger partial charge is 0.465 e. The Labute approximate surface area is 359 Å². The Kier molecular flexibility index (Phi) is 44.5. The van der Waals surface area contributed by atoms with Gasteiger partial charge in [-0.2, -0.15) is 0 Å². The second-order valence-corrected chi connectivity index (χ2v) is 16.6. The van der Waals surface area contributed by atoms with Crippen LogP contribution < -0.4 is 0 Å². The summed E-state index contributed by atoms with van der Waals surface area (Å²) in [4.78, 5) is 56.0. The van der Waals surface area contributed by atoms with Gasteiger partial charge in [0.15, 0.2) is 0 Å². The fraction of sp³-hybridized carbons (Fsp3) is 0.918. The molecule has 0 spiro atoms. The maximum atomic E-state index is 13.8. The fourth-order valence-corrected chi connectivity index (χ4v) is 6.57. The molecule has 0 aromatic heterocycles. The molecule has 1 atom stereocenters. The van der Waals surface area contributed by atoms with Crippen molar-refractivity contribution in [1.82, 2.24) is 4.90 Å². The summed E-state index contributed by atoms with van der Waals surface area (Å²) in [6, 6.07) is 0. The van der Waals surface area contributed by atoms with Gasteiger partial charge in [-0.05, 0) is 65.6 Å². The molecular formula is C49H97NO8. The number of nitrogens with zero attached hydrogens (tertiary/aromatic N) is 1. The number of rotatable bonds is 36. The molecule has 0 rings (SSSR count). The molecule has 0 radical (unpaired) electrons. The standard InChI is InChI=1S/C44H83NO8.C3H8.C2H6/c1-9-15-20-26-37(14-6)41(47)51-34-44(33-50-40(46)31-25-32-45(7)8,35-52-42(48)38(27-21-16-10-2)28-22-17-11-3)36-53-43(49)39(29-23-18-12-4)30-24-19-13-5;1-3-2;1-2/h37-39H,9-36H2,1-8H3;3H2,1-2H3;1-2H3. The van der Waals surface area contributed by atoms with Crippen LogP contribution in [0.5, 0.6) is 0 Å². The monoisotopic (exact) mass is 828 g/mol. The minimum atomic E-state index is -1.24. The molecule has 0 aromatic rings. The second kappa shape index (κ2) is 42.9. The van der Waals surface area contributed by atoms with E-state index in [1.807, 2.05) is 39.8 Å². The lowest BCUT2D eigenvalue weighted by atomic mass is 9.90. The van der Waals surface area contributed by atoms with Gasteiger partial charge in [0.05, 0.1) is 17.8 Å². The summed E-state index contributed by atoms with van der Waals surface area (Å²) in [5, 5.41) is 0. The highest BCUT2D eigenvalue weighted by Crippen LogP contribution is 2.28. The molecule has 0 aromatic carbocycles. The molecule has 0 aliphatic carbocycles. The fourth-order valence-electron chi connectivity index (χ4n) is 6.57. The number of hydrogen-bond donors (Lipinski definition) is 0. The molecule has 0 saturated carbocycles. The van der Waals surface area contributed by atoms with Crippen LogP contribution in [0.25, 0.3) is 0 Å². The lowest BCUT2D eigenvalue weighted by molar-refractivity contribution is -0.175. The van der Waals surface area contributed by atoms with E-state index < -0.39 is 5.41 Å². The van der Waals surface area contributed by atoms with Gasteiger partial charge in [-0.25, -0.2) is 0 Å². The normalized spacial score (nSPS) is 11.7. The number of ether oxygens (including phenoxy) is 4. The van der Waals surface area contributed by atoms with Crippen LogP contribution in [0, 0.1) is 23.2 Å². The third kappa shape index (κ3) is 33.6. The Morgan fingerprint density at radius 1 is 0.448 bits per heavy atom. The zero-order valence-electron chi connectivity index (χ0n) is 40.5. The first-order valence-corrected chi connectivity index (χ1v) is 24.2. The van der Waals surface area contributed by atoms with E-state index >= 15 is 0 Å². The van der Waals surface area contributed by atoms with Gasteiger partial charge in [0.25, 0.3) is 0 Å². The van der Waals surface area contributed by atoms with Crippen LogP contribution in [-0.4, -0.2) is 75.8 Å². The average Bonchev–Trinajstić information content (AvgIpc) is 3.21. The molecule has 0 aliphatic heterocycles. The van der Waals surface area contributed by atoms with E-state index in [4.69, 9.17) is 18.9 Å². The Hall–Kier alpha value is -2.16. The smallest absolute Gasteiger partial charge is 0.308 e. The van der Waals surface area contributed by atoms with Crippen LogP contribution >= 0.6 is 0 Å². The third-order valence-corrected chi connectivity index (χ3v) is 10.4. The summed E-state index contributed by atoms with van der Waals surface area (Å²) < 4.78 is 24.1. The van der Waals surface area contributed by atoms with Gasteiger partial charge < -0.3 is 23.8 Å². The Morgan fingerprint density at radius 3 is 1.03 bits per heavy atom. The lowest BCUT2D eigenvalue weighted by Gasteiger charge is -2.33. The van der Waals surface area contributed by atoms with Gasteiger partial charge in [0.1, 0.15) is 31.8 Å². The van der Waals surface area contributed by atoms with Gasteiger partial charge in [0.2, 0.25) is 0 Å². The highest BCUT2D eigenvalue weighted by Gasteiger charge is 2.40. The lowest BCUT2D eigenvalue weighted by Crippen LogP contribution is -2.45. The maximum absolute atomic E-state index is 13.8. The maximum Gasteiger partial charge on any atom is 0.308 e. The van der Waals surface area contributed by atoms with Gasteiger partial charge in [0, 0.05) is 6.42 Å². The molecule has 0 aliphatic rings. The van der Waals surface area contributed by atoms with Crippen LogP contribution in [0.4, 0.5) is 0 Å². The highest BCUT2D eigenvalue weighted by molar-refractivity contribution is 5.74. The van der Waals surface area contributed by atoms with Gasteiger partial charge in [-0.15, -0.1) is 0 Å². The van der Waals surface area contributed by atoms with Crippen molar-refractivity contribution >= 4 is 23.9 Å². The summed E-state index contributed by atoms with van der Waals surface area (Å²) in [6.07, 6.45) is 21.7. The van der Waals surface area contributed by atoms with Crippen molar-refractivity contribution in [3.05, 3.63) is 0 Å². The van der Waals surface area contributed by atoms with Crippen molar-refractivity contribution in [2.24, 2.45) is 23.2 Å². The summed E-state index contributed by atoms with van der Waals surface area (Å²) in [5.41, 5.74) is -1.24. The van der Waals surface area contributed by atoms with E-state index in [1.54, 1.807) is 0 Å². The quantitative estimate of drug-likeness (QED) is 0.0346. The predicted molar refractivity (Wildman–Crippen MR) is 243 cm³/mol. The van der Waals surface area contributed by atoms with Crippen molar-refractivity contribution in [3.8, 4) is 0 Å². The summed E-state index contributed by atoms with van der Waals surface area (Å²) in [7, 11) is 3.91. The Balaban J connectivity index is -0.00000575. The van der Waals surface area contributed by atoms with Crippen molar-refractivity contribution in [2.75, 3.05) is 47.1 Å². The highest BCUT2D eigenvalue weighted by atomic mass is 16.6. The van der Waals surface area contributed by atoms with Gasteiger partial charge >= 0.3 is 23.9 Å². The van der Waals surface area contributed by atoms with Crippen LogP contribution in [-0.2, 0) is 38.1 Å². The topological polar surface area (TPSA) is 108 Å². The van der Waals surface area contributed by atoms with Gasteiger partial charge in [-0.1, -0.05) is 172 Å². The molecule has 0 N–H and O–H groups in total. The first-order valence-electron chi connectivity index (χ1n) is 24.2. The molecule has 346 valence electrons. The molecule has 0 heterocycles. The number of esters is 4. The van der Waals surface area contributed by atoms with Crippen molar-refractivity contribution in [2.45, 2.75) is 223 Å². The summed E-state index contributed by atoms with van der Waals surface area (Å²) in [5.74, 6) is -2.04. The first-order chi connectivity index (χ1) is 27.9. The minimum absolute atomic E-state index is 0.182. The van der Waals surface area contributed by atoms with Crippen LogP contribution in [0.15, 0.2) is 0 Å². The van der Waals surface area contributed by atoms with Crippen molar-refractivity contribution in [3.63, 3.8) is 0 Å². The second-order valence-electron chi connectivity index (χ2n) is 16.6. The number of carbonyl (C=O) groups excluding carboxylic acids is 4. The molecule has 0 fully saturated rings. The van der Waals surface area contributed by atoms with E-state index in [-0.39, 0.29) is 74.5 Å². The number of hydrogen-bond acceptors (Lipinski definition) is 9. The number of unbranched alkanes of at least 4 members (excludes halogenated alkanes) is 10. The van der Waals surface area contributed by atoms with E-state index in [0.29, 0.717) is 12.8 Å². The van der Waals surface area contributed by atoms with Crippen molar-refractivity contribution < 1.29 is 38.1 Å². The molecule has 9 nitrogen and oxygen atoms in total. The minimum Gasteiger partial charge on any atom is -0.465 e. The van der Waals surface area contributed by atoms with Crippen LogP contribution in [0.3, 0.4) is 0 Å². The molecule has 0 bridgehead atoms. The Bertz CT molecular complexity index is 895. The third-order valence-electron chi connectivity index (χ3n) is 10.4. The SMILES string of the molecule is CC.CCC.CCCCCC(CC)C(=O)OCC(COC(=O)CCCN(C)C)(COC(=O)C(CCCCC)CCCCC)COC(=O)C(CCCCC)CCCCC. The zero-order chi connectivity index (χ0) is 44.5. The van der Waals surface area contributed by atoms with Crippen LogP contribution in [0.2, 0.25) is 0 Å². The summed E-state index contributed by atoms with van der Waals surface area (Å²) in [6.45, 7) is 20.9. The van der Waals surface area contributed by atoms with E-state index in [0.717, 1.165) is 135 Å². The molecule has 0 saturated heterocycles. The zero-order valence-corrected chi connectivity index (χ0v) is 40.5. The molecule has 58 heavy (non-hydrogen) atoms. The van der Waals surface area contributed by atoms with E-state index in [9.17, 15) is 19.2 Å². The van der Waals surface area contributed by atoms with E-state index in [1.165, 1.54) is 6.42 Å². The first kappa shape index (κ1) is 60.1. The van der Waals surface area contributed by atoms with Crippen LogP contribution in [0.1, 0.15) is 223 Å².